The molecule has 14 atom stereocenters. The van der Waals surface area contributed by atoms with Crippen LogP contribution in [0.15, 0.2) is 49.2 Å². The minimum Gasteiger partial charge on any atom is -0.458 e. The Morgan fingerprint density at radius 1 is 1.08 bits per heavy atom. The molecule has 0 bridgehead atoms. The molecule has 1 N–H and O–H groups in total. The Morgan fingerprint density at radius 2 is 1.82 bits per heavy atom. The van der Waals surface area contributed by atoms with Crippen LogP contribution in [-0.2, 0) is 42.9 Å². The van der Waals surface area contributed by atoms with E-state index in [2.05, 4.69) is 23.4 Å². The van der Waals surface area contributed by atoms with E-state index in [9.17, 15) is 19.5 Å². The second-order valence-corrected chi connectivity index (χ2v) is 19.4. The molecule has 0 spiro atoms. The molecule has 61 heavy (non-hydrogen) atoms. The molecular formula is C47H63N3O10S. The molecule has 0 aromatic carbocycles. The molecule has 6 rings (SSSR count). The van der Waals surface area contributed by atoms with Crippen molar-refractivity contribution in [3.8, 4) is 22.4 Å². The Labute approximate surface area is 364 Å². The highest BCUT2D eigenvalue weighted by Crippen LogP contribution is 2.56. The number of pyridine rings is 1. The first kappa shape index (κ1) is 46.7. The Hall–Kier alpha value is -3.81. The van der Waals surface area contributed by atoms with E-state index < -0.39 is 88.7 Å². The van der Waals surface area contributed by atoms with Crippen LogP contribution in [-0.4, -0.2) is 131 Å². The minimum absolute atomic E-state index is 0.0596. The third-order valence-corrected chi connectivity index (χ3v) is 14.5. The number of aliphatic hydroxyl groups is 1. The predicted octanol–water partition coefficient (Wildman–Crippen LogP) is 5.33. The summed E-state index contributed by atoms with van der Waals surface area (Å²) in [6, 6.07) is 8.50. The molecule has 0 saturated carbocycles. The van der Waals surface area contributed by atoms with Gasteiger partial charge < -0.3 is 33.7 Å². The topological polar surface area (TPSA) is 154 Å². The molecule has 332 valence electrons. The molecule has 4 fully saturated rings. The van der Waals surface area contributed by atoms with Gasteiger partial charge in [-0.3, -0.25) is 29.1 Å². The molecule has 6 heterocycles. The van der Waals surface area contributed by atoms with Gasteiger partial charge in [0.05, 0.1) is 33.3 Å². The van der Waals surface area contributed by atoms with Crippen molar-refractivity contribution in [1.82, 2.24) is 14.8 Å². The van der Waals surface area contributed by atoms with Crippen LogP contribution in [0.2, 0.25) is 0 Å². The van der Waals surface area contributed by atoms with Crippen molar-refractivity contribution in [2.45, 2.75) is 129 Å². The van der Waals surface area contributed by atoms with E-state index in [-0.39, 0.29) is 43.9 Å². The number of likely N-dealkylation sites (N-methyl/N-ethyl adjacent to an activating group) is 1. The van der Waals surface area contributed by atoms with Gasteiger partial charge in [-0.2, -0.15) is 0 Å². The van der Waals surface area contributed by atoms with Crippen molar-refractivity contribution >= 4 is 34.8 Å². The number of aromatic nitrogens is 1. The monoisotopic (exact) mass is 861 g/mol. The summed E-state index contributed by atoms with van der Waals surface area (Å²) in [5.41, 5.74) is -3.11. The molecule has 2 aromatic heterocycles. The molecule has 4 aliphatic rings. The van der Waals surface area contributed by atoms with Gasteiger partial charge >= 0.3 is 11.9 Å². The van der Waals surface area contributed by atoms with Gasteiger partial charge in [-0.25, -0.2) is 0 Å². The number of thiophene rings is 1. The summed E-state index contributed by atoms with van der Waals surface area (Å²) in [5, 5.41) is 11.7. The normalized spacial score (nSPS) is 38.6. The van der Waals surface area contributed by atoms with Crippen molar-refractivity contribution in [1.29, 1.82) is 0 Å². The first-order valence-corrected chi connectivity index (χ1v) is 22.3. The van der Waals surface area contributed by atoms with Crippen molar-refractivity contribution in [2.24, 2.45) is 29.1 Å². The van der Waals surface area contributed by atoms with E-state index in [0.717, 1.165) is 15.4 Å². The van der Waals surface area contributed by atoms with E-state index in [1.165, 1.54) is 18.3 Å². The van der Waals surface area contributed by atoms with Crippen LogP contribution >= 0.6 is 11.3 Å². The molecule has 0 radical (unpaired) electrons. The maximum atomic E-state index is 15.3. The number of cyclic esters (lactones) is 1. The Kier molecular flexibility index (Phi) is 14.2. The maximum Gasteiger partial charge on any atom is 0.324 e. The average Bonchev–Trinajstić information content (AvgIpc) is 3.91. The largest absolute Gasteiger partial charge is 0.458 e. The summed E-state index contributed by atoms with van der Waals surface area (Å²) in [6.07, 6.45) is -0.370. The SMILES string of the molecule is C=CCN1CC2(C)C(=O)[C@H](C)C[C@](C)(OCC#Cc3ccc(-c4ccccn4)s3)[C@H](O[C@@H]3O[C@H](C)C[C@H](N(C)C)[C@H]3O)[C@@H](C)C(=O)[C@@H](C)C(=O)O[C@@H](CC)[C@@]3(C)OC(=O)C1C23. The fourth-order valence-corrected chi connectivity index (χ4v) is 11.4. The second kappa shape index (κ2) is 18.5. The molecule has 4 saturated heterocycles. The molecular weight excluding hydrogens is 799 g/mol. The van der Waals surface area contributed by atoms with E-state index in [1.54, 1.807) is 33.0 Å². The Bertz CT molecular complexity index is 2010. The summed E-state index contributed by atoms with van der Waals surface area (Å²) in [7, 11) is 3.75. The van der Waals surface area contributed by atoms with Crippen molar-refractivity contribution in [2.75, 3.05) is 33.8 Å². The summed E-state index contributed by atoms with van der Waals surface area (Å²) < 4.78 is 32.2. The third-order valence-electron chi connectivity index (χ3n) is 13.5. The van der Waals surface area contributed by atoms with Gasteiger partial charge in [0.2, 0.25) is 0 Å². The van der Waals surface area contributed by atoms with Crippen LogP contribution in [0.1, 0.15) is 79.5 Å². The molecule has 4 aliphatic heterocycles. The number of Topliss-reactive ketones (excluding diaryl/α,β-unsaturated/α-hetero) is 2. The van der Waals surface area contributed by atoms with E-state index in [4.69, 9.17) is 23.7 Å². The van der Waals surface area contributed by atoms with E-state index >= 15 is 4.79 Å². The maximum absolute atomic E-state index is 15.3. The first-order valence-electron chi connectivity index (χ1n) is 21.4. The molecule has 0 aliphatic carbocycles. The average molecular weight is 862 g/mol. The number of carbonyl (C=O) groups excluding carboxylic acids is 4. The number of hydrogen-bond donors (Lipinski definition) is 1. The van der Waals surface area contributed by atoms with E-state index in [0.29, 0.717) is 13.0 Å². The lowest BCUT2D eigenvalue weighted by Crippen LogP contribution is -2.60. The lowest BCUT2D eigenvalue weighted by molar-refractivity contribution is -0.296. The highest BCUT2D eigenvalue weighted by Gasteiger charge is 2.71. The molecule has 3 unspecified atom stereocenters. The zero-order valence-corrected chi connectivity index (χ0v) is 38.0. The van der Waals surface area contributed by atoms with Gasteiger partial charge in [0, 0.05) is 48.5 Å². The molecule has 13 nitrogen and oxygen atoms in total. The lowest BCUT2D eigenvalue weighted by Gasteiger charge is -2.48. The second-order valence-electron chi connectivity index (χ2n) is 18.3. The van der Waals surface area contributed by atoms with Crippen LogP contribution in [0.3, 0.4) is 0 Å². The highest BCUT2D eigenvalue weighted by atomic mass is 32.1. The van der Waals surface area contributed by atoms with Crippen LogP contribution in [0.4, 0.5) is 0 Å². The van der Waals surface area contributed by atoms with Crippen molar-refractivity contribution in [3.05, 3.63) is 54.1 Å². The van der Waals surface area contributed by atoms with Gasteiger partial charge in [0.1, 0.15) is 36.6 Å². The van der Waals surface area contributed by atoms with Crippen molar-refractivity contribution in [3.63, 3.8) is 0 Å². The summed E-state index contributed by atoms with van der Waals surface area (Å²) in [6.45, 7) is 18.5. The van der Waals surface area contributed by atoms with Crippen LogP contribution < -0.4 is 0 Å². The number of ether oxygens (including phenoxy) is 5. The highest BCUT2D eigenvalue weighted by molar-refractivity contribution is 7.16. The summed E-state index contributed by atoms with van der Waals surface area (Å²) in [5.74, 6) is 0.720. The van der Waals surface area contributed by atoms with Crippen LogP contribution in [0, 0.1) is 40.9 Å². The standard InChI is InChI=1S/C47H63N3O10S/c1-12-22-50-26-45(7)39-36(50)43(55)60-47(39,9)35(13-2)58-42(54)30(6)37(51)29(5)41(59-44-38(52)33(49(10)11)24-28(4)57-44)46(8,25-27(3)40(45)53)56-23-16-17-31-19-20-34(61-31)32-18-14-15-21-48-32/h12,14-15,18-21,27-30,33,35-36,38-39,41,44,52H,1,13,22-26H2,2-11H3/t27-,28-,29+,30-,33+,35+,36?,38-,39?,41-,44+,45?,46+,47-/m1/s1. The number of nitrogens with zero attached hydrogens (tertiary/aromatic N) is 3. The number of esters is 2. The van der Waals surface area contributed by atoms with Crippen molar-refractivity contribution < 1.29 is 48.0 Å². The smallest absolute Gasteiger partial charge is 0.324 e. The minimum atomic E-state index is -1.43. The number of rotatable bonds is 9. The zero-order chi connectivity index (χ0) is 44.6. The first-order chi connectivity index (χ1) is 28.8. The third kappa shape index (κ3) is 9.03. The Morgan fingerprint density at radius 3 is 2.48 bits per heavy atom. The van der Waals surface area contributed by atoms with Gasteiger partial charge in [-0.1, -0.05) is 51.7 Å². The van der Waals surface area contributed by atoms with E-state index in [1.807, 2.05) is 81.9 Å². The van der Waals surface area contributed by atoms with Crippen LogP contribution in [0.5, 0.6) is 0 Å². The molecule has 2 aromatic rings. The summed E-state index contributed by atoms with van der Waals surface area (Å²) >= 11 is 1.50. The number of ketones is 2. The zero-order valence-electron chi connectivity index (χ0n) is 37.2. The quantitative estimate of drug-likeness (QED) is 0.150. The molecule has 14 heteroatoms. The predicted molar refractivity (Wildman–Crippen MR) is 230 cm³/mol. The van der Waals surface area contributed by atoms with Gasteiger partial charge in [-0.05, 0) is 85.3 Å². The van der Waals surface area contributed by atoms with Crippen LogP contribution in [0.25, 0.3) is 10.6 Å². The fraction of sp³-hybridized carbons (Fsp3) is 0.638. The number of hydrogen-bond acceptors (Lipinski definition) is 14. The Balaban J connectivity index is 1.44. The number of likely N-dealkylation sites (tertiary alicyclic amines) is 1. The summed E-state index contributed by atoms with van der Waals surface area (Å²) in [4.78, 5) is 68.0. The van der Waals surface area contributed by atoms with Gasteiger partial charge in [0.25, 0.3) is 0 Å². The van der Waals surface area contributed by atoms with Gasteiger partial charge in [-0.15, -0.1) is 17.9 Å². The van der Waals surface area contributed by atoms with Gasteiger partial charge in [0.15, 0.2) is 17.7 Å². The number of aliphatic hydroxyl groups excluding tert-OH is 1. The number of carbonyl (C=O) groups is 4. The lowest BCUT2D eigenvalue weighted by atomic mass is 9.62. The fourth-order valence-electron chi connectivity index (χ4n) is 10.6. The molecule has 0 amide bonds.